The summed E-state index contributed by atoms with van der Waals surface area (Å²) >= 11 is 0. The minimum absolute atomic E-state index is 0.0332. The van der Waals surface area contributed by atoms with E-state index in [1.165, 1.54) is 39.0 Å². The second kappa shape index (κ2) is 9.37. The molecule has 6 heteroatoms. The number of nitrogens with zero attached hydrogens (tertiary/aromatic N) is 1. The van der Waals surface area contributed by atoms with Gasteiger partial charge in [-0.2, -0.15) is 0 Å². The van der Waals surface area contributed by atoms with Crippen molar-refractivity contribution in [3.05, 3.63) is 0 Å². The molecule has 2 rings (SSSR count). The second-order valence-corrected chi connectivity index (χ2v) is 7.39. The number of nitrogens with two attached hydrogens (primary N) is 1. The highest BCUT2D eigenvalue weighted by atomic mass is 16.5. The monoisotopic (exact) mass is 339 g/mol. The van der Waals surface area contributed by atoms with Gasteiger partial charge in [0, 0.05) is 32.7 Å². The Labute approximate surface area is 145 Å². The average Bonchev–Trinajstić information content (AvgIpc) is 2.59. The van der Waals surface area contributed by atoms with Gasteiger partial charge in [0.05, 0.1) is 6.10 Å². The maximum Gasteiger partial charge on any atom is 0.242 e. The number of ether oxygens (including phenoxy) is 1. The molecule has 0 aromatic rings. The number of nitrogens with one attached hydrogen (secondary N) is 1. The van der Waals surface area contributed by atoms with Gasteiger partial charge in [-0.05, 0) is 38.5 Å². The number of hydrogen-bond acceptors (Lipinski definition) is 4. The number of hydrogen-bond donors (Lipinski definition) is 2. The molecule has 1 saturated carbocycles. The first-order chi connectivity index (χ1) is 11.5. The summed E-state index contributed by atoms with van der Waals surface area (Å²) in [5.74, 6) is 0.492. The van der Waals surface area contributed by atoms with Gasteiger partial charge in [0.25, 0.3) is 0 Å². The molecule has 0 aromatic heterocycles. The van der Waals surface area contributed by atoms with Crippen LogP contribution in [0.15, 0.2) is 0 Å². The first kappa shape index (κ1) is 19.2. The average molecular weight is 339 g/mol. The van der Waals surface area contributed by atoms with E-state index >= 15 is 0 Å². The zero-order valence-electron chi connectivity index (χ0n) is 15.1. The summed E-state index contributed by atoms with van der Waals surface area (Å²) in [7, 11) is 0. The number of piperidine rings is 1. The van der Waals surface area contributed by atoms with E-state index in [0.29, 0.717) is 25.6 Å². The largest absolute Gasteiger partial charge is 0.376 e. The number of rotatable bonds is 6. The van der Waals surface area contributed by atoms with Crippen LogP contribution in [-0.4, -0.2) is 54.6 Å². The topological polar surface area (TPSA) is 84.7 Å². The summed E-state index contributed by atoms with van der Waals surface area (Å²) < 4.78 is 5.90. The van der Waals surface area contributed by atoms with Gasteiger partial charge < -0.3 is 20.7 Å². The zero-order chi connectivity index (χ0) is 17.5. The van der Waals surface area contributed by atoms with Crippen molar-refractivity contribution in [3.8, 4) is 0 Å². The van der Waals surface area contributed by atoms with Crippen molar-refractivity contribution in [1.82, 2.24) is 10.2 Å². The molecular weight excluding hydrogens is 306 g/mol. The van der Waals surface area contributed by atoms with E-state index in [0.717, 1.165) is 12.8 Å². The predicted octanol–water partition coefficient (Wildman–Crippen LogP) is 1.43. The molecule has 2 fully saturated rings. The molecule has 6 nitrogen and oxygen atoms in total. The number of carbonyl (C=O) groups is 2. The Morgan fingerprint density at radius 1 is 1.21 bits per heavy atom. The van der Waals surface area contributed by atoms with Crippen LogP contribution in [0.4, 0.5) is 0 Å². The maximum absolute atomic E-state index is 12.6. The highest BCUT2D eigenvalue weighted by molar-refractivity contribution is 5.82. The molecule has 1 heterocycles. The Bertz CT molecular complexity index is 424. The fourth-order valence-electron chi connectivity index (χ4n) is 3.74. The molecule has 0 spiro atoms. The third kappa shape index (κ3) is 5.74. The van der Waals surface area contributed by atoms with Crippen LogP contribution in [0, 0.1) is 5.92 Å². The minimum Gasteiger partial charge on any atom is -0.376 e. The summed E-state index contributed by atoms with van der Waals surface area (Å²) in [5, 5.41) is 2.90. The van der Waals surface area contributed by atoms with Crippen molar-refractivity contribution < 1.29 is 14.3 Å². The van der Waals surface area contributed by atoms with E-state index in [2.05, 4.69) is 5.32 Å². The Morgan fingerprint density at radius 2 is 1.92 bits per heavy atom. The van der Waals surface area contributed by atoms with Gasteiger partial charge in [-0.15, -0.1) is 0 Å². The molecule has 3 N–H and O–H groups in total. The molecular formula is C18H33N3O3. The normalized spacial score (nSPS) is 25.1. The van der Waals surface area contributed by atoms with E-state index < -0.39 is 6.04 Å². The van der Waals surface area contributed by atoms with Gasteiger partial charge in [0.1, 0.15) is 6.04 Å². The minimum atomic E-state index is -0.635. The van der Waals surface area contributed by atoms with Crippen LogP contribution in [0.5, 0.6) is 0 Å². The lowest BCUT2D eigenvalue weighted by Crippen LogP contribution is -2.56. The van der Waals surface area contributed by atoms with E-state index in [9.17, 15) is 9.59 Å². The van der Waals surface area contributed by atoms with Crippen LogP contribution in [0.3, 0.4) is 0 Å². The van der Waals surface area contributed by atoms with Gasteiger partial charge in [-0.25, -0.2) is 0 Å². The van der Waals surface area contributed by atoms with Gasteiger partial charge in [0.2, 0.25) is 11.8 Å². The fourth-order valence-corrected chi connectivity index (χ4v) is 3.74. The third-order valence-electron chi connectivity index (χ3n) is 5.25. The highest BCUT2D eigenvalue weighted by Crippen LogP contribution is 2.24. The first-order valence-corrected chi connectivity index (χ1v) is 9.40. The Kier molecular flexibility index (Phi) is 7.49. The van der Waals surface area contributed by atoms with Crippen LogP contribution >= 0.6 is 0 Å². The molecule has 0 radical (unpaired) electrons. The summed E-state index contributed by atoms with van der Waals surface area (Å²) in [4.78, 5) is 25.6. The van der Waals surface area contributed by atoms with E-state index in [1.807, 2.05) is 6.92 Å². The molecule has 2 amide bonds. The van der Waals surface area contributed by atoms with Crippen molar-refractivity contribution in [1.29, 1.82) is 0 Å². The maximum atomic E-state index is 12.6. The first-order valence-electron chi connectivity index (χ1n) is 9.40. The van der Waals surface area contributed by atoms with E-state index in [-0.39, 0.29) is 24.0 Å². The Balaban J connectivity index is 1.78. The van der Waals surface area contributed by atoms with E-state index in [1.54, 1.807) is 4.90 Å². The molecule has 0 aromatic carbocycles. The molecule has 24 heavy (non-hydrogen) atoms. The van der Waals surface area contributed by atoms with Gasteiger partial charge in [0.15, 0.2) is 0 Å². The lowest BCUT2D eigenvalue weighted by atomic mass is 9.90. The summed E-state index contributed by atoms with van der Waals surface area (Å²) in [6, 6.07) is -0.601. The van der Waals surface area contributed by atoms with Crippen LogP contribution in [0.2, 0.25) is 0 Å². The molecule has 1 aliphatic heterocycles. The van der Waals surface area contributed by atoms with Crippen LogP contribution < -0.4 is 11.1 Å². The molecule has 3 atom stereocenters. The number of amides is 2. The molecule has 0 unspecified atom stereocenters. The lowest BCUT2D eigenvalue weighted by molar-refractivity contribution is -0.138. The van der Waals surface area contributed by atoms with Crippen molar-refractivity contribution >= 4 is 11.8 Å². The predicted molar refractivity (Wildman–Crippen MR) is 93.4 cm³/mol. The molecule has 0 bridgehead atoms. The standard InChI is InChI=1S/C18H33N3O3/c1-13(24-12-15-7-4-3-5-8-15)17(19)18(23)21-10-6-9-16(11-21)20-14(2)22/h13,15-17H,3-12,19H2,1-2H3,(H,20,22)/t13-,16+,17+/m1/s1. The SMILES string of the molecule is CC(=O)N[C@H]1CCCN(C(=O)[C@@H](N)[C@@H](C)OCC2CCCCC2)C1. The summed E-state index contributed by atoms with van der Waals surface area (Å²) in [5.41, 5.74) is 6.15. The van der Waals surface area contributed by atoms with Crippen molar-refractivity contribution in [2.75, 3.05) is 19.7 Å². The lowest BCUT2D eigenvalue weighted by Gasteiger charge is -2.35. The Morgan fingerprint density at radius 3 is 2.58 bits per heavy atom. The Hall–Kier alpha value is -1.14. The second-order valence-electron chi connectivity index (χ2n) is 7.39. The van der Waals surface area contributed by atoms with Gasteiger partial charge >= 0.3 is 0 Å². The van der Waals surface area contributed by atoms with Crippen molar-refractivity contribution in [2.24, 2.45) is 11.7 Å². The van der Waals surface area contributed by atoms with Gasteiger partial charge in [-0.3, -0.25) is 9.59 Å². The number of carbonyl (C=O) groups excluding carboxylic acids is 2. The van der Waals surface area contributed by atoms with Gasteiger partial charge in [-0.1, -0.05) is 19.3 Å². The summed E-state index contributed by atoms with van der Waals surface area (Å²) in [6.45, 7) is 5.35. The molecule has 1 saturated heterocycles. The molecule has 2 aliphatic rings. The van der Waals surface area contributed by atoms with Crippen LogP contribution in [0.1, 0.15) is 58.8 Å². The zero-order valence-corrected chi connectivity index (χ0v) is 15.1. The fraction of sp³-hybridized carbons (Fsp3) is 0.889. The number of likely N-dealkylation sites (tertiary alicyclic amines) is 1. The van der Waals surface area contributed by atoms with Crippen LogP contribution in [0.25, 0.3) is 0 Å². The van der Waals surface area contributed by atoms with E-state index in [4.69, 9.17) is 10.5 Å². The summed E-state index contributed by atoms with van der Waals surface area (Å²) in [6.07, 6.45) is 7.86. The highest BCUT2D eigenvalue weighted by Gasteiger charge is 2.31. The van der Waals surface area contributed by atoms with Crippen molar-refractivity contribution in [2.45, 2.75) is 77.0 Å². The smallest absolute Gasteiger partial charge is 0.242 e. The third-order valence-corrected chi connectivity index (χ3v) is 5.25. The molecule has 138 valence electrons. The van der Waals surface area contributed by atoms with Crippen LogP contribution in [-0.2, 0) is 14.3 Å². The quantitative estimate of drug-likeness (QED) is 0.766. The van der Waals surface area contributed by atoms with Crippen molar-refractivity contribution in [3.63, 3.8) is 0 Å². The molecule has 1 aliphatic carbocycles.